The second-order valence-corrected chi connectivity index (χ2v) is 11.5. The van der Waals surface area contributed by atoms with E-state index in [4.69, 9.17) is 23.2 Å². The van der Waals surface area contributed by atoms with Gasteiger partial charge < -0.3 is 9.13 Å². The van der Waals surface area contributed by atoms with Crippen LogP contribution < -0.4 is 22.5 Å². The molecule has 4 heterocycles. The molecule has 0 aliphatic heterocycles. The summed E-state index contributed by atoms with van der Waals surface area (Å²) in [6.45, 7) is 5.98. The van der Waals surface area contributed by atoms with Crippen LogP contribution in [0, 0.1) is 0 Å². The largest absolute Gasteiger partial charge is 0.389 e. The Balaban J connectivity index is 0.000000366. The van der Waals surface area contributed by atoms with Crippen LogP contribution in [0.3, 0.4) is 0 Å². The van der Waals surface area contributed by atoms with Crippen molar-refractivity contribution < 1.29 is 39.5 Å². The Labute approximate surface area is 297 Å². The number of H-pyrrole nitrogens is 1. The number of hydrogen-bond donors (Lipinski definition) is 1. The molecule has 1 N–H and O–H groups in total. The first-order valence-corrected chi connectivity index (χ1v) is 15.6. The lowest BCUT2D eigenvalue weighted by molar-refractivity contribution is -0.136. The minimum absolute atomic E-state index is 0. The van der Waals surface area contributed by atoms with E-state index in [1.807, 2.05) is 0 Å². The molecule has 0 atom stereocenters. The van der Waals surface area contributed by atoms with Gasteiger partial charge in [-0.05, 0) is 42.5 Å². The fourth-order valence-electron chi connectivity index (χ4n) is 4.92. The van der Waals surface area contributed by atoms with Crippen molar-refractivity contribution in [3.8, 4) is 0 Å². The molecule has 290 valence electrons. The van der Waals surface area contributed by atoms with E-state index in [0.29, 0.717) is 4.57 Å². The minimum Gasteiger partial charge on any atom is -0.305 e. The van der Waals surface area contributed by atoms with Crippen LogP contribution >= 0.6 is 23.2 Å². The molecule has 0 aliphatic carbocycles. The van der Waals surface area contributed by atoms with E-state index >= 15 is 0 Å². The van der Waals surface area contributed by atoms with E-state index in [1.54, 1.807) is 0 Å². The quantitative estimate of drug-likeness (QED) is 0.0922. The number of aryl methyl sites for hydroxylation is 2. The molecule has 4 aromatic heterocycles. The van der Waals surface area contributed by atoms with Crippen LogP contribution in [0.2, 0.25) is 10.6 Å². The van der Waals surface area contributed by atoms with Gasteiger partial charge in [0.05, 0.1) is 0 Å². The van der Waals surface area contributed by atoms with Gasteiger partial charge in [-0.2, -0.15) is 49.5 Å². The Morgan fingerprint density at radius 1 is 0.615 bits per heavy atom. The number of rotatable bonds is 13. The molecular weight excluding hydrogens is 766 g/mol. The van der Waals surface area contributed by atoms with Crippen LogP contribution in [-0.4, -0.2) is 56.3 Å². The molecule has 12 nitrogen and oxygen atoms in total. The Kier molecular flexibility index (Phi) is 14.8. The molecule has 23 heteroatoms. The third-order valence-corrected chi connectivity index (χ3v) is 7.63. The Bertz CT molecular complexity index is 2120. The van der Waals surface area contributed by atoms with Crippen LogP contribution in [0.5, 0.6) is 0 Å². The Morgan fingerprint density at radius 2 is 1.00 bits per heavy atom. The standard InChI is InChI=1S/C16H17ClF6N4O2.C12H12ClF3N4O2.CH4/c1-2-7-25-10-11(24-13(25)17)26(8-3-5-15(18,19)20)14(29)27(12(10)28)9-4-6-16(21,22)23;1-2-5-19-7-8(17-10(19)13)20(11(22)18-9(7)21)6-3-4-12(14,15)16;/h2H,1,3-9H2;2H,1,3-6H2,(H,18,21,22);1H4. The molecule has 0 saturated heterocycles. The topological polar surface area (TPSA) is 135 Å². The highest BCUT2D eigenvalue weighted by molar-refractivity contribution is 6.29. The smallest absolute Gasteiger partial charge is 0.305 e. The number of nitrogens with zero attached hydrogens (tertiary/aromatic N) is 7. The number of aromatic amines is 1. The zero-order valence-corrected chi connectivity index (χ0v) is 27.8. The maximum atomic E-state index is 12.7. The van der Waals surface area contributed by atoms with E-state index in [2.05, 4.69) is 28.1 Å². The first-order chi connectivity index (χ1) is 23.6. The van der Waals surface area contributed by atoms with E-state index in [0.717, 1.165) is 9.13 Å². The van der Waals surface area contributed by atoms with Gasteiger partial charge in [0.15, 0.2) is 22.3 Å². The molecule has 4 aromatic rings. The van der Waals surface area contributed by atoms with Crippen LogP contribution in [0.4, 0.5) is 39.5 Å². The van der Waals surface area contributed by atoms with Crippen molar-refractivity contribution in [2.75, 3.05) is 0 Å². The van der Waals surface area contributed by atoms with Crippen molar-refractivity contribution in [3.05, 3.63) is 77.6 Å². The van der Waals surface area contributed by atoms with Gasteiger partial charge in [0, 0.05) is 52.0 Å². The lowest BCUT2D eigenvalue weighted by Gasteiger charge is -2.13. The summed E-state index contributed by atoms with van der Waals surface area (Å²) in [5.41, 5.74) is -3.89. The number of allylic oxidation sites excluding steroid dienone is 2. The molecule has 0 radical (unpaired) electrons. The van der Waals surface area contributed by atoms with Crippen LogP contribution in [0.1, 0.15) is 46.0 Å². The molecule has 0 amide bonds. The summed E-state index contributed by atoms with van der Waals surface area (Å²) in [5.74, 6) is 0. The molecule has 0 aliphatic rings. The second-order valence-electron chi connectivity index (χ2n) is 10.9. The van der Waals surface area contributed by atoms with Gasteiger partial charge in [-0.1, -0.05) is 19.6 Å². The summed E-state index contributed by atoms with van der Waals surface area (Å²) in [7, 11) is 0. The van der Waals surface area contributed by atoms with Crippen molar-refractivity contribution in [1.82, 2.24) is 37.8 Å². The summed E-state index contributed by atoms with van der Waals surface area (Å²) < 4.78 is 116. The maximum absolute atomic E-state index is 12.7. The lowest BCUT2D eigenvalue weighted by atomic mass is 10.3. The zero-order chi connectivity index (χ0) is 38.5. The fourth-order valence-corrected chi connectivity index (χ4v) is 5.39. The predicted octanol–water partition coefficient (Wildman–Crippen LogP) is 6.59. The molecule has 0 bridgehead atoms. The van der Waals surface area contributed by atoms with Gasteiger partial charge in [0.25, 0.3) is 11.1 Å². The van der Waals surface area contributed by atoms with Gasteiger partial charge in [-0.15, -0.1) is 13.2 Å². The molecule has 0 spiro atoms. The number of hydrogen-bond acceptors (Lipinski definition) is 6. The molecule has 4 rings (SSSR count). The molecule has 0 saturated carbocycles. The second kappa shape index (κ2) is 17.5. The number of halogens is 11. The molecule has 52 heavy (non-hydrogen) atoms. The predicted molar refractivity (Wildman–Crippen MR) is 176 cm³/mol. The van der Waals surface area contributed by atoms with Gasteiger partial charge in [-0.3, -0.25) is 28.3 Å². The zero-order valence-electron chi connectivity index (χ0n) is 26.3. The van der Waals surface area contributed by atoms with Gasteiger partial charge in [-0.25, -0.2) is 9.59 Å². The first kappa shape index (κ1) is 43.9. The third-order valence-electron chi connectivity index (χ3n) is 7.06. The third kappa shape index (κ3) is 11.1. The number of aromatic nitrogens is 8. The molecular formula is C29H33Cl2F9N8O4. The molecule has 0 fully saturated rings. The van der Waals surface area contributed by atoms with E-state index < -0.39 is 86.2 Å². The SMILES string of the molecule is C.C=CCn1c(Cl)nc2c1c(=O)[nH]c(=O)n2CCCC(F)(F)F.C=CCn1c(Cl)nc2c1c(=O)n(CCCC(F)(F)F)c(=O)n2CCCC(F)(F)F. The number of alkyl halides is 9. The average molecular weight is 800 g/mol. The van der Waals surface area contributed by atoms with Gasteiger partial charge in [0.2, 0.25) is 10.6 Å². The van der Waals surface area contributed by atoms with Crippen molar-refractivity contribution >= 4 is 45.5 Å². The molecule has 0 aromatic carbocycles. The minimum atomic E-state index is -4.48. The highest BCUT2D eigenvalue weighted by atomic mass is 35.5. The van der Waals surface area contributed by atoms with Crippen LogP contribution in [0.15, 0.2) is 44.5 Å². The molecule has 0 unspecified atom stereocenters. The van der Waals surface area contributed by atoms with Crippen molar-refractivity contribution in [3.63, 3.8) is 0 Å². The maximum Gasteiger partial charge on any atom is 0.389 e. The summed E-state index contributed by atoms with van der Waals surface area (Å²) in [6.07, 6.45) is -15.2. The monoisotopic (exact) mass is 798 g/mol. The summed E-state index contributed by atoms with van der Waals surface area (Å²) in [4.78, 5) is 58.9. The Hall–Kier alpha value is -4.27. The number of nitrogens with one attached hydrogen (secondary N) is 1. The first-order valence-electron chi connectivity index (χ1n) is 14.8. The summed E-state index contributed by atoms with van der Waals surface area (Å²) in [5, 5.41) is -0.246. The highest BCUT2D eigenvalue weighted by Crippen LogP contribution is 2.24. The lowest BCUT2D eigenvalue weighted by Crippen LogP contribution is -2.41. The van der Waals surface area contributed by atoms with Crippen LogP contribution in [-0.2, 0) is 32.7 Å². The number of imidazole rings is 2. The normalized spacial score (nSPS) is 12.1. The van der Waals surface area contributed by atoms with E-state index in [-0.39, 0.29) is 66.4 Å². The van der Waals surface area contributed by atoms with Crippen molar-refractivity contribution in [2.24, 2.45) is 0 Å². The van der Waals surface area contributed by atoms with E-state index in [1.165, 1.54) is 21.3 Å². The van der Waals surface area contributed by atoms with Crippen molar-refractivity contribution in [2.45, 2.75) is 97.2 Å². The summed E-state index contributed by atoms with van der Waals surface area (Å²) in [6, 6.07) is 0. The van der Waals surface area contributed by atoms with Gasteiger partial charge in [0.1, 0.15) is 0 Å². The van der Waals surface area contributed by atoms with Crippen LogP contribution in [0.25, 0.3) is 22.3 Å². The van der Waals surface area contributed by atoms with E-state index in [9.17, 15) is 58.7 Å². The Morgan fingerprint density at radius 3 is 1.42 bits per heavy atom. The summed E-state index contributed by atoms with van der Waals surface area (Å²) >= 11 is 11.9. The fraction of sp³-hybridized carbons (Fsp3) is 0.517. The van der Waals surface area contributed by atoms with Gasteiger partial charge >= 0.3 is 29.9 Å². The number of fused-ring (bicyclic) bond motifs is 2. The highest BCUT2D eigenvalue weighted by Gasteiger charge is 2.29. The van der Waals surface area contributed by atoms with Crippen molar-refractivity contribution in [1.29, 1.82) is 0 Å². The average Bonchev–Trinajstić information content (AvgIpc) is 3.49.